The summed E-state index contributed by atoms with van der Waals surface area (Å²) >= 11 is 0. The first-order chi connectivity index (χ1) is 7.09. The lowest BCUT2D eigenvalue weighted by atomic mass is 9.76. The van der Waals surface area contributed by atoms with Crippen LogP contribution < -0.4 is 5.73 Å². The molecule has 0 amide bonds. The summed E-state index contributed by atoms with van der Waals surface area (Å²) in [6.45, 7) is 3.51. The summed E-state index contributed by atoms with van der Waals surface area (Å²) < 4.78 is 0. The number of nitrogens with zero attached hydrogens (tertiary/aromatic N) is 1. The third-order valence-electron chi connectivity index (χ3n) is 4.45. The van der Waals surface area contributed by atoms with Gasteiger partial charge in [-0.1, -0.05) is 19.8 Å². The SMILES string of the molecule is CC1CCCC(N(C)CC2(N)CCC2)C1. The largest absolute Gasteiger partial charge is 0.324 e. The maximum absolute atomic E-state index is 6.30. The number of hydrogen-bond acceptors (Lipinski definition) is 2. The monoisotopic (exact) mass is 210 g/mol. The highest BCUT2D eigenvalue weighted by molar-refractivity contribution is 4.96. The molecule has 0 heterocycles. The first kappa shape index (κ1) is 11.4. The molecule has 2 N–H and O–H groups in total. The molecule has 0 saturated heterocycles. The van der Waals surface area contributed by atoms with E-state index in [4.69, 9.17) is 5.73 Å². The van der Waals surface area contributed by atoms with E-state index in [9.17, 15) is 0 Å². The lowest BCUT2D eigenvalue weighted by molar-refractivity contribution is 0.101. The van der Waals surface area contributed by atoms with Crippen molar-refractivity contribution >= 4 is 0 Å². The number of hydrogen-bond donors (Lipinski definition) is 1. The zero-order valence-electron chi connectivity index (χ0n) is 10.3. The minimum absolute atomic E-state index is 0.162. The van der Waals surface area contributed by atoms with Gasteiger partial charge in [0.05, 0.1) is 0 Å². The van der Waals surface area contributed by atoms with Crippen LogP contribution in [0.3, 0.4) is 0 Å². The van der Waals surface area contributed by atoms with Crippen LogP contribution in [0.25, 0.3) is 0 Å². The predicted octanol–water partition coefficient (Wildman–Crippen LogP) is 2.38. The fraction of sp³-hybridized carbons (Fsp3) is 1.00. The quantitative estimate of drug-likeness (QED) is 0.775. The zero-order chi connectivity index (χ0) is 10.9. The van der Waals surface area contributed by atoms with Gasteiger partial charge in [0, 0.05) is 18.1 Å². The van der Waals surface area contributed by atoms with Gasteiger partial charge < -0.3 is 10.6 Å². The average molecular weight is 210 g/mol. The molecule has 2 saturated carbocycles. The van der Waals surface area contributed by atoms with E-state index < -0.39 is 0 Å². The number of nitrogens with two attached hydrogens (primary N) is 1. The van der Waals surface area contributed by atoms with E-state index in [-0.39, 0.29) is 5.54 Å². The molecule has 0 bridgehead atoms. The van der Waals surface area contributed by atoms with E-state index in [0.29, 0.717) is 0 Å². The Morgan fingerprint density at radius 1 is 1.27 bits per heavy atom. The van der Waals surface area contributed by atoms with Gasteiger partial charge in [-0.05, 0) is 45.1 Å². The highest BCUT2D eigenvalue weighted by atomic mass is 15.2. The molecule has 2 atom stereocenters. The normalized spacial score (nSPS) is 35.2. The molecule has 0 aromatic rings. The van der Waals surface area contributed by atoms with Crippen LogP contribution in [0.2, 0.25) is 0 Å². The van der Waals surface area contributed by atoms with Gasteiger partial charge in [-0.25, -0.2) is 0 Å². The summed E-state index contributed by atoms with van der Waals surface area (Å²) in [6.07, 6.45) is 9.42. The Labute approximate surface area is 94.2 Å². The fourth-order valence-electron chi connectivity index (χ4n) is 3.22. The Hall–Kier alpha value is -0.0800. The molecule has 2 fully saturated rings. The maximum atomic E-state index is 6.30. The highest BCUT2D eigenvalue weighted by Crippen LogP contribution is 2.32. The van der Waals surface area contributed by atoms with Gasteiger partial charge >= 0.3 is 0 Å². The van der Waals surface area contributed by atoms with E-state index in [0.717, 1.165) is 18.5 Å². The van der Waals surface area contributed by atoms with Crippen molar-refractivity contribution in [2.24, 2.45) is 11.7 Å². The van der Waals surface area contributed by atoms with Crippen LogP contribution in [0.5, 0.6) is 0 Å². The summed E-state index contributed by atoms with van der Waals surface area (Å²) in [5.41, 5.74) is 6.47. The van der Waals surface area contributed by atoms with Crippen molar-refractivity contribution in [2.45, 2.75) is 63.5 Å². The number of rotatable bonds is 3. The minimum atomic E-state index is 0.162. The van der Waals surface area contributed by atoms with E-state index in [2.05, 4.69) is 18.9 Å². The van der Waals surface area contributed by atoms with Gasteiger partial charge in [-0.3, -0.25) is 0 Å². The second-order valence-electron chi connectivity index (χ2n) is 6.06. The standard InChI is InChI=1S/C13H26N2/c1-11-5-3-6-12(9-11)15(2)10-13(14)7-4-8-13/h11-12H,3-10,14H2,1-2H3. The summed E-state index contributed by atoms with van der Waals surface area (Å²) in [4.78, 5) is 2.54. The maximum Gasteiger partial charge on any atom is 0.0283 e. The lowest BCUT2D eigenvalue weighted by Gasteiger charge is -2.44. The lowest BCUT2D eigenvalue weighted by Crippen LogP contribution is -2.56. The Morgan fingerprint density at radius 3 is 2.53 bits per heavy atom. The highest BCUT2D eigenvalue weighted by Gasteiger charge is 2.35. The molecule has 0 aromatic carbocycles. The molecule has 2 nitrogen and oxygen atoms in total. The third kappa shape index (κ3) is 2.73. The fourth-order valence-corrected chi connectivity index (χ4v) is 3.22. The minimum Gasteiger partial charge on any atom is -0.324 e. The molecule has 2 aliphatic rings. The molecule has 0 spiro atoms. The smallest absolute Gasteiger partial charge is 0.0283 e. The van der Waals surface area contributed by atoms with Crippen molar-refractivity contribution in [1.82, 2.24) is 4.90 Å². The van der Waals surface area contributed by atoms with E-state index >= 15 is 0 Å². The Balaban J connectivity index is 1.81. The van der Waals surface area contributed by atoms with E-state index in [1.165, 1.54) is 44.9 Å². The van der Waals surface area contributed by atoms with Crippen molar-refractivity contribution in [3.05, 3.63) is 0 Å². The average Bonchev–Trinajstić information content (AvgIpc) is 2.15. The van der Waals surface area contributed by atoms with Crippen molar-refractivity contribution in [3.8, 4) is 0 Å². The molecule has 88 valence electrons. The molecule has 2 unspecified atom stereocenters. The van der Waals surface area contributed by atoms with Crippen LogP contribution in [0, 0.1) is 5.92 Å². The third-order valence-corrected chi connectivity index (χ3v) is 4.45. The van der Waals surface area contributed by atoms with Crippen molar-refractivity contribution in [2.75, 3.05) is 13.6 Å². The van der Waals surface area contributed by atoms with E-state index in [1.807, 2.05) is 0 Å². The molecule has 2 rings (SSSR count). The van der Waals surface area contributed by atoms with Crippen LogP contribution in [0.4, 0.5) is 0 Å². The summed E-state index contributed by atoms with van der Waals surface area (Å²) in [7, 11) is 2.27. The molecule has 2 heteroatoms. The molecule has 15 heavy (non-hydrogen) atoms. The summed E-state index contributed by atoms with van der Waals surface area (Å²) in [6, 6.07) is 0.801. The van der Waals surface area contributed by atoms with Gasteiger partial charge in [-0.15, -0.1) is 0 Å². The van der Waals surface area contributed by atoms with Crippen LogP contribution in [-0.2, 0) is 0 Å². The predicted molar refractivity (Wildman–Crippen MR) is 64.8 cm³/mol. The zero-order valence-corrected chi connectivity index (χ0v) is 10.3. The van der Waals surface area contributed by atoms with Crippen LogP contribution >= 0.6 is 0 Å². The van der Waals surface area contributed by atoms with Crippen LogP contribution in [0.15, 0.2) is 0 Å². The first-order valence-corrected chi connectivity index (χ1v) is 6.58. The Morgan fingerprint density at radius 2 is 2.00 bits per heavy atom. The molecule has 0 aliphatic heterocycles. The number of likely N-dealkylation sites (N-methyl/N-ethyl adjacent to an activating group) is 1. The van der Waals surface area contributed by atoms with Crippen molar-refractivity contribution in [1.29, 1.82) is 0 Å². The van der Waals surface area contributed by atoms with Crippen LogP contribution in [-0.4, -0.2) is 30.1 Å². The first-order valence-electron chi connectivity index (χ1n) is 6.58. The Kier molecular flexibility index (Phi) is 3.36. The molecular formula is C13H26N2. The van der Waals surface area contributed by atoms with Gasteiger partial charge in [-0.2, -0.15) is 0 Å². The molecule has 2 aliphatic carbocycles. The second-order valence-corrected chi connectivity index (χ2v) is 6.06. The van der Waals surface area contributed by atoms with Crippen molar-refractivity contribution in [3.63, 3.8) is 0 Å². The second kappa shape index (κ2) is 4.42. The topological polar surface area (TPSA) is 29.3 Å². The van der Waals surface area contributed by atoms with Gasteiger partial charge in [0.15, 0.2) is 0 Å². The molecule has 0 aromatic heterocycles. The van der Waals surface area contributed by atoms with Gasteiger partial charge in [0.2, 0.25) is 0 Å². The van der Waals surface area contributed by atoms with Crippen LogP contribution in [0.1, 0.15) is 51.9 Å². The van der Waals surface area contributed by atoms with Gasteiger partial charge in [0.1, 0.15) is 0 Å². The van der Waals surface area contributed by atoms with Crippen molar-refractivity contribution < 1.29 is 0 Å². The molecule has 0 radical (unpaired) electrons. The molecular weight excluding hydrogens is 184 g/mol. The Bertz CT molecular complexity index is 211. The summed E-state index contributed by atoms with van der Waals surface area (Å²) in [5, 5.41) is 0. The summed E-state index contributed by atoms with van der Waals surface area (Å²) in [5.74, 6) is 0.918. The van der Waals surface area contributed by atoms with E-state index in [1.54, 1.807) is 0 Å². The van der Waals surface area contributed by atoms with Gasteiger partial charge in [0.25, 0.3) is 0 Å².